The van der Waals surface area contributed by atoms with Crippen molar-refractivity contribution < 1.29 is 19.2 Å². The molecule has 1 aromatic carbocycles. The van der Waals surface area contributed by atoms with E-state index in [4.69, 9.17) is 9.63 Å². The molecular weight excluding hydrogens is 260 g/mol. The van der Waals surface area contributed by atoms with Crippen LogP contribution in [0.4, 0.5) is 5.69 Å². The number of hydrogen-bond acceptors (Lipinski definition) is 4. The van der Waals surface area contributed by atoms with Crippen LogP contribution in [0.5, 0.6) is 0 Å². The van der Waals surface area contributed by atoms with E-state index in [1.54, 1.807) is 11.9 Å². The molecule has 0 saturated heterocycles. The van der Waals surface area contributed by atoms with Crippen molar-refractivity contribution in [1.29, 1.82) is 0 Å². The van der Waals surface area contributed by atoms with Crippen molar-refractivity contribution in [3.05, 3.63) is 35.0 Å². The number of benzene rings is 1. The average molecular weight is 272 g/mol. The molecule has 0 atom stereocenters. The van der Waals surface area contributed by atoms with Crippen LogP contribution in [0.15, 0.2) is 22.7 Å². The lowest BCUT2D eigenvalue weighted by atomic mass is 10.0. The van der Waals surface area contributed by atoms with Crippen LogP contribution < -0.4 is 4.90 Å². The second kappa shape index (κ2) is 4.19. The molecular formula is C14H12N2O4. The van der Waals surface area contributed by atoms with Crippen LogP contribution in [0.3, 0.4) is 0 Å². The van der Waals surface area contributed by atoms with Crippen LogP contribution in [0.25, 0.3) is 11.3 Å². The van der Waals surface area contributed by atoms with Gasteiger partial charge in [0.05, 0.1) is 12.1 Å². The monoisotopic (exact) mass is 272 g/mol. The quantitative estimate of drug-likeness (QED) is 0.902. The third-order valence-electron chi connectivity index (χ3n) is 3.38. The van der Waals surface area contributed by atoms with Gasteiger partial charge in [0.1, 0.15) is 0 Å². The Balaban J connectivity index is 2.19. The van der Waals surface area contributed by atoms with Crippen LogP contribution in [-0.2, 0) is 11.2 Å². The first kappa shape index (κ1) is 12.4. The predicted octanol–water partition coefficient (Wildman–Crippen LogP) is 1.87. The van der Waals surface area contributed by atoms with Gasteiger partial charge < -0.3 is 14.5 Å². The highest BCUT2D eigenvalue weighted by molar-refractivity contribution is 6.05. The maximum absolute atomic E-state index is 11.8. The summed E-state index contributed by atoms with van der Waals surface area (Å²) in [5.41, 5.74) is 3.19. The zero-order valence-electron chi connectivity index (χ0n) is 11.0. The van der Waals surface area contributed by atoms with Gasteiger partial charge in [-0.15, -0.1) is 0 Å². The number of aryl methyl sites for hydroxylation is 1. The summed E-state index contributed by atoms with van der Waals surface area (Å²) in [6, 6.07) is 5.18. The van der Waals surface area contributed by atoms with Gasteiger partial charge in [-0.2, -0.15) is 0 Å². The molecule has 0 aliphatic carbocycles. The summed E-state index contributed by atoms with van der Waals surface area (Å²) in [7, 11) is 1.70. The maximum Gasteiger partial charge on any atom is 0.358 e. The van der Waals surface area contributed by atoms with Crippen LogP contribution in [-0.4, -0.2) is 29.2 Å². The molecule has 1 aliphatic heterocycles. The minimum absolute atomic E-state index is 0.00447. The molecule has 102 valence electrons. The second-order valence-corrected chi connectivity index (χ2v) is 4.83. The molecule has 6 nitrogen and oxygen atoms in total. The van der Waals surface area contributed by atoms with Gasteiger partial charge in [0.25, 0.3) is 0 Å². The van der Waals surface area contributed by atoms with Crippen molar-refractivity contribution in [1.82, 2.24) is 5.16 Å². The lowest BCUT2D eigenvalue weighted by Gasteiger charge is -2.14. The summed E-state index contributed by atoms with van der Waals surface area (Å²) in [5.74, 6) is -0.789. The Bertz CT molecular complexity index is 733. The highest BCUT2D eigenvalue weighted by Crippen LogP contribution is 2.39. The Morgan fingerprint density at radius 1 is 1.40 bits per heavy atom. The van der Waals surface area contributed by atoms with E-state index in [0.29, 0.717) is 17.7 Å². The molecule has 0 bridgehead atoms. The molecule has 0 spiro atoms. The number of carboxylic acids is 1. The summed E-state index contributed by atoms with van der Waals surface area (Å²) in [4.78, 5) is 24.3. The zero-order chi connectivity index (χ0) is 14.4. The molecule has 2 heterocycles. The molecule has 0 radical (unpaired) electrons. The molecule has 1 aliphatic rings. The van der Waals surface area contributed by atoms with Crippen LogP contribution in [0.1, 0.15) is 21.6 Å². The highest BCUT2D eigenvalue weighted by Gasteiger charge is 2.29. The van der Waals surface area contributed by atoms with Crippen molar-refractivity contribution in [3.8, 4) is 11.3 Å². The van der Waals surface area contributed by atoms with E-state index in [1.165, 1.54) is 6.07 Å². The minimum Gasteiger partial charge on any atom is -0.476 e. The fraction of sp³-hybridized carbons (Fsp3) is 0.214. The zero-order valence-corrected chi connectivity index (χ0v) is 11.0. The number of anilines is 1. The maximum atomic E-state index is 11.8. The number of carboxylic acid groups (broad SMARTS) is 1. The lowest BCUT2D eigenvalue weighted by Crippen LogP contribution is -2.21. The smallest absolute Gasteiger partial charge is 0.358 e. The van der Waals surface area contributed by atoms with Gasteiger partial charge >= 0.3 is 5.97 Å². The minimum atomic E-state index is -1.14. The van der Waals surface area contributed by atoms with E-state index in [0.717, 1.165) is 16.8 Å². The number of aromatic nitrogens is 1. The normalized spacial score (nSPS) is 13.7. The molecule has 1 amide bonds. The largest absolute Gasteiger partial charge is 0.476 e. The topological polar surface area (TPSA) is 83.6 Å². The average Bonchev–Trinajstić information content (AvgIpc) is 2.95. The highest BCUT2D eigenvalue weighted by atomic mass is 16.5. The molecule has 0 saturated carbocycles. The summed E-state index contributed by atoms with van der Waals surface area (Å²) < 4.78 is 5.11. The van der Waals surface area contributed by atoms with Crippen molar-refractivity contribution in [2.45, 2.75) is 13.3 Å². The number of likely N-dealkylation sites (N-methyl/N-ethyl adjacent to an activating group) is 1. The second-order valence-electron chi connectivity index (χ2n) is 4.83. The van der Waals surface area contributed by atoms with Crippen LogP contribution in [0, 0.1) is 6.92 Å². The Morgan fingerprint density at radius 2 is 2.15 bits per heavy atom. The number of carbonyl (C=O) groups excluding carboxylic acids is 1. The summed E-state index contributed by atoms with van der Waals surface area (Å²) in [6.45, 7) is 1.92. The number of fused-ring (bicyclic) bond motifs is 1. The van der Waals surface area contributed by atoms with Crippen molar-refractivity contribution >= 4 is 17.6 Å². The number of amides is 1. The van der Waals surface area contributed by atoms with E-state index in [2.05, 4.69) is 5.16 Å². The van der Waals surface area contributed by atoms with Crippen LogP contribution in [0.2, 0.25) is 0 Å². The van der Waals surface area contributed by atoms with Crippen molar-refractivity contribution in [3.63, 3.8) is 0 Å². The van der Waals surface area contributed by atoms with E-state index in [9.17, 15) is 9.59 Å². The number of rotatable bonds is 2. The van der Waals surface area contributed by atoms with Crippen LogP contribution >= 0.6 is 0 Å². The molecule has 0 unspecified atom stereocenters. The van der Waals surface area contributed by atoms with Gasteiger partial charge in [-0.1, -0.05) is 11.2 Å². The fourth-order valence-corrected chi connectivity index (χ4v) is 2.48. The first-order chi connectivity index (χ1) is 9.47. The number of aromatic carboxylic acids is 1. The van der Waals surface area contributed by atoms with Crippen molar-refractivity contribution in [2.24, 2.45) is 0 Å². The number of nitrogens with zero attached hydrogens (tertiary/aromatic N) is 2. The van der Waals surface area contributed by atoms with Gasteiger partial charge in [-0.05, 0) is 24.1 Å². The Labute approximate surface area is 114 Å². The fourth-order valence-electron chi connectivity index (χ4n) is 2.48. The Morgan fingerprint density at radius 3 is 2.80 bits per heavy atom. The molecule has 3 rings (SSSR count). The third-order valence-corrected chi connectivity index (χ3v) is 3.38. The van der Waals surface area contributed by atoms with Gasteiger partial charge in [-0.25, -0.2) is 4.79 Å². The lowest BCUT2D eigenvalue weighted by molar-refractivity contribution is -0.117. The van der Waals surface area contributed by atoms with Crippen molar-refractivity contribution in [2.75, 3.05) is 11.9 Å². The van der Waals surface area contributed by atoms with E-state index < -0.39 is 5.97 Å². The van der Waals surface area contributed by atoms with E-state index in [1.807, 2.05) is 19.1 Å². The number of carbonyl (C=O) groups is 2. The van der Waals surface area contributed by atoms with E-state index >= 15 is 0 Å². The van der Waals surface area contributed by atoms with Gasteiger partial charge in [0.15, 0.2) is 11.5 Å². The molecule has 1 N–H and O–H groups in total. The van der Waals surface area contributed by atoms with Gasteiger partial charge in [-0.3, -0.25) is 4.79 Å². The molecule has 2 aromatic rings. The third kappa shape index (κ3) is 1.77. The summed E-state index contributed by atoms with van der Waals surface area (Å²) in [5, 5.41) is 12.4. The molecule has 6 heteroatoms. The summed E-state index contributed by atoms with van der Waals surface area (Å²) in [6.07, 6.45) is 0.348. The number of hydrogen-bond donors (Lipinski definition) is 1. The molecule has 20 heavy (non-hydrogen) atoms. The molecule has 1 aromatic heterocycles. The predicted molar refractivity (Wildman–Crippen MR) is 70.7 cm³/mol. The first-order valence-corrected chi connectivity index (χ1v) is 6.08. The Hall–Kier alpha value is -2.63. The molecule has 0 fully saturated rings. The first-order valence-electron chi connectivity index (χ1n) is 6.08. The van der Waals surface area contributed by atoms with E-state index in [-0.39, 0.29) is 11.6 Å². The summed E-state index contributed by atoms with van der Waals surface area (Å²) >= 11 is 0. The standard InChI is InChI=1S/C14H12N2O4/c1-7-3-8-5-12(17)16(2)13(8)9(4-7)11-6-10(14(18)19)15-20-11/h3-4,6H,5H2,1-2H3,(H,18,19). The SMILES string of the molecule is Cc1cc2c(c(-c3cc(C(=O)O)no3)c1)N(C)C(=O)C2. The van der Waals surface area contributed by atoms with Gasteiger partial charge in [0.2, 0.25) is 5.91 Å². The van der Waals surface area contributed by atoms with Gasteiger partial charge in [0, 0.05) is 18.7 Å². The Kier molecular flexibility index (Phi) is 2.60.